The van der Waals surface area contributed by atoms with Crippen LogP contribution in [0.3, 0.4) is 0 Å². The van der Waals surface area contributed by atoms with Gasteiger partial charge in [0.1, 0.15) is 12.2 Å². The number of hydrogen-bond acceptors (Lipinski definition) is 3. The third kappa shape index (κ3) is 3.38. The fourth-order valence-corrected chi connectivity index (χ4v) is 3.40. The number of anilines is 1. The number of carbonyl (C=O) groups is 1. The molecular formula is C19H27N5O. The van der Waals surface area contributed by atoms with Crippen molar-refractivity contribution in [1.29, 1.82) is 0 Å². The second-order valence-corrected chi connectivity index (χ2v) is 7.94. The normalized spacial score (nSPS) is 17.0. The van der Waals surface area contributed by atoms with Crippen LogP contribution in [0.2, 0.25) is 0 Å². The quantitative estimate of drug-likeness (QED) is 0.929. The fourth-order valence-electron chi connectivity index (χ4n) is 3.40. The Kier molecular flexibility index (Phi) is 4.54. The molecule has 1 aliphatic heterocycles. The van der Waals surface area contributed by atoms with Crippen molar-refractivity contribution in [2.24, 2.45) is 5.92 Å². The molecule has 6 nitrogen and oxygen atoms in total. The number of fused-ring (bicyclic) bond motifs is 1. The Morgan fingerprint density at radius 1 is 1.32 bits per heavy atom. The van der Waals surface area contributed by atoms with Crippen LogP contribution in [0.4, 0.5) is 10.5 Å². The molecule has 1 unspecified atom stereocenters. The van der Waals surface area contributed by atoms with Crippen molar-refractivity contribution in [3.05, 3.63) is 42.0 Å². The highest BCUT2D eigenvalue weighted by atomic mass is 16.2. The van der Waals surface area contributed by atoms with Gasteiger partial charge in [-0.2, -0.15) is 5.10 Å². The zero-order valence-electron chi connectivity index (χ0n) is 15.7. The number of benzene rings is 1. The topological polar surface area (TPSA) is 63.1 Å². The highest BCUT2D eigenvalue weighted by Gasteiger charge is 2.33. The van der Waals surface area contributed by atoms with Crippen molar-refractivity contribution >= 4 is 11.7 Å². The van der Waals surface area contributed by atoms with E-state index in [1.165, 1.54) is 11.9 Å². The van der Waals surface area contributed by atoms with Gasteiger partial charge in [0.15, 0.2) is 0 Å². The number of amides is 2. The van der Waals surface area contributed by atoms with Gasteiger partial charge in [0.25, 0.3) is 0 Å². The molecule has 0 saturated carbocycles. The van der Waals surface area contributed by atoms with Gasteiger partial charge in [-0.1, -0.05) is 32.0 Å². The van der Waals surface area contributed by atoms with E-state index in [2.05, 4.69) is 56.1 Å². The molecule has 0 fully saturated rings. The molecule has 25 heavy (non-hydrogen) atoms. The number of hydrogen-bond donors (Lipinski definition) is 1. The Balaban J connectivity index is 1.74. The molecule has 1 atom stereocenters. The summed E-state index contributed by atoms with van der Waals surface area (Å²) >= 11 is 0. The minimum Gasteiger partial charge on any atom is -0.330 e. The summed E-state index contributed by atoms with van der Waals surface area (Å²) in [5.74, 6) is 1.62. The molecule has 1 aliphatic rings. The van der Waals surface area contributed by atoms with E-state index in [1.54, 1.807) is 0 Å². The number of para-hydroxylation sites is 1. The third-order valence-electron chi connectivity index (χ3n) is 4.71. The second kappa shape index (κ2) is 6.50. The largest absolute Gasteiger partial charge is 0.330 e. The Bertz CT molecular complexity index is 759. The summed E-state index contributed by atoms with van der Waals surface area (Å²) in [6, 6.07) is 8.09. The molecular weight excluding hydrogens is 314 g/mol. The van der Waals surface area contributed by atoms with Crippen molar-refractivity contribution in [3.8, 4) is 0 Å². The molecule has 6 heteroatoms. The third-order valence-corrected chi connectivity index (χ3v) is 4.71. The Labute approximate surface area is 149 Å². The summed E-state index contributed by atoms with van der Waals surface area (Å²) in [6.45, 7) is 11.7. The maximum absolute atomic E-state index is 12.8. The van der Waals surface area contributed by atoms with Gasteiger partial charge in [0.05, 0.1) is 12.1 Å². The standard InChI is InChI=1S/C19H27N5O/c1-13(2)15-11-23(16-9-7-6-8-14(15)16)18(25)20-10-17-21-12-22-24(17)19(3,4)5/h6-9,12-13,15H,10-11H2,1-5H3,(H,20,25). The van der Waals surface area contributed by atoms with E-state index in [1.807, 2.05) is 27.8 Å². The van der Waals surface area contributed by atoms with Crippen LogP contribution in [-0.2, 0) is 12.1 Å². The van der Waals surface area contributed by atoms with Crippen LogP contribution < -0.4 is 10.2 Å². The summed E-state index contributed by atoms with van der Waals surface area (Å²) in [6.07, 6.45) is 1.53. The summed E-state index contributed by atoms with van der Waals surface area (Å²) in [5, 5.41) is 7.28. The predicted octanol–water partition coefficient (Wildman–Crippen LogP) is 3.50. The van der Waals surface area contributed by atoms with E-state index in [0.29, 0.717) is 18.4 Å². The number of urea groups is 1. The average molecular weight is 341 g/mol. The molecule has 1 aromatic heterocycles. The smallest absolute Gasteiger partial charge is 0.322 e. The van der Waals surface area contributed by atoms with Crippen LogP contribution in [-0.4, -0.2) is 27.3 Å². The predicted molar refractivity (Wildman–Crippen MR) is 98.6 cm³/mol. The number of aromatic nitrogens is 3. The van der Waals surface area contributed by atoms with Crippen molar-refractivity contribution < 1.29 is 4.79 Å². The molecule has 0 bridgehead atoms. The van der Waals surface area contributed by atoms with Crippen molar-refractivity contribution in [2.45, 2.75) is 52.6 Å². The molecule has 3 rings (SSSR count). The van der Waals surface area contributed by atoms with Gasteiger partial charge in [-0.15, -0.1) is 0 Å². The molecule has 2 aromatic rings. The maximum Gasteiger partial charge on any atom is 0.322 e. The average Bonchev–Trinajstić information content (AvgIpc) is 3.17. The Morgan fingerprint density at radius 2 is 2.04 bits per heavy atom. The summed E-state index contributed by atoms with van der Waals surface area (Å²) in [4.78, 5) is 18.9. The van der Waals surface area contributed by atoms with Crippen LogP contribution in [0.1, 0.15) is 51.9 Å². The van der Waals surface area contributed by atoms with Gasteiger partial charge in [0.2, 0.25) is 0 Å². The number of nitrogens with one attached hydrogen (secondary N) is 1. The first kappa shape index (κ1) is 17.5. The van der Waals surface area contributed by atoms with Crippen LogP contribution in [0.5, 0.6) is 0 Å². The maximum atomic E-state index is 12.8. The van der Waals surface area contributed by atoms with Gasteiger partial charge < -0.3 is 5.32 Å². The Morgan fingerprint density at radius 3 is 2.72 bits per heavy atom. The van der Waals surface area contributed by atoms with Gasteiger partial charge >= 0.3 is 6.03 Å². The highest BCUT2D eigenvalue weighted by Crippen LogP contribution is 2.39. The molecule has 2 amide bonds. The number of nitrogens with zero attached hydrogens (tertiary/aromatic N) is 4. The van der Waals surface area contributed by atoms with Gasteiger partial charge in [0, 0.05) is 18.2 Å². The van der Waals surface area contributed by atoms with Crippen molar-refractivity contribution in [1.82, 2.24) is 20.1 Å². The SMILES string of the molecule is CC(C)C1CN(C(=O)NCc2ncnn2C(C)(C)C)c2ccccc21. The molecule has 0 radical (unpaired) electrons. The first-order valence-electron chi connectivity index (χ1n) is 8.82. The highest BCUT2D eigenvalue weighted by molar-refractivity contribution is 5.94. The van der Waals surface area contributed by atoms with E-state index in [4.69, 9.17) is 0 Å². The second-order valence-electron chi connectivity index (χ2n) is 7.94. The monoisotopic (exact) mass is 341 g/mol. The molecule has 0 saturated heterocycles. The first-order chi connectivity index (χ1) is 11.8. The van der Waals surface area contributed by atoms with Crippen LogP contribution in [0.25, 0.3) is 0 Å². The van der Waals surface area contributed by atoms with Gasteiger partial charge in [-0.05, 0) is 38.3 Å². The first-order valence-corrected chi connectivity index (χ1v) is 8.82. The molecule has 0 aliphatic carbocycles. The molecule has 1 aromatic carbocycles. The van der Waals surface area contributed by atoms with Crippen LogP contribution in [0, 0.1) is 5.92 Å². The lowest BCUT2D eigenvalue weighted by atomic mass is 9.90. The lowest BCUT2D eigenvalue weighted by Crippen LogP contribution is -2.40. The summed E-state index contributed by atoms with van der Waals surface area (Å²) in [5.41, 5.74) is 2.10. The molecule has 0 spiro atoms. The van der Waals surface area contributed by atoms with Crippen LogP contribution >= 0.6 is 0 Å². The number of carbonyl (C=O) groups excluding carboxylic acids is 1. The van der Waals surface area contributed by atoms with Crippen molar-refractivity contribution in [2.75, 3.05) is 11.4 Å². The van der Waals surface area contributed by atoms with Gasteiger partial charge in [-0.25, -0.2) is 14.5 Å². The molecule has 2 heterocycles. The van der Waals surface area contributed by atoms with E-state index < -0.39 is 0 Å². The summed E-state index contributed by atoms with van der Waals surface area (Å²) < 4.78 is 1.85. The van der Waals surface area contributed by atoms with Gasteiger partial charge in [-0.3, -0.25) is 4.90 Å². The minimum absolute atomic E-state index is 0.0842. The van der Waals surface area contributed by atoms with E-state index in [-0.39, 0.29) is 11.6 Å². The van der Waals surface area contributed by atoms with E-state index >= 15 is 0 Å². The lowest BCUT2D eigenvalue weighted by Gasteiger charge is -2.22. The minimum atomic E-state index is -0.167. The van der Waals surface area contributed by atoms with Crippen LogP contribution in [0.15, 0.2) is 30.6 Å². The van der Waals surface area contributed by atoms with E-state index in [9.17, 15) is 4.79 Å². The number of rotatable bonds is 3. The zero-order chi connectivity index (χ0) is 18.2. The van der Waals surface area contributed by atoms with E-state index in [0.717, 1.165) is 18.1 Å². The fraction of sp³-hybridized carbons (Fsp3) is 0.526. The van der Waals surface area contributed by atoms with Crippen molar-refractivity contribution in [3.63, 3.8) is 0 Å². The lowest BCUT2D eigenvalue weighted by molar-refractivity contribution is 0.244. The molecule has 1 N–H and O–H groups in total. The Hall–Kier alpha value is -2.37. The molecule has 134 valence electrons. The zero-order valence-corrected chi connectivity index (χ0v) is 15.7. The summed E-state index contributed by atoms with van der Waals surface area (Å²) in [7, 11) is 0.